The highest BCUT2D eigenvalue weighted by atomic mass is 14.9. The molecule has 0 radical (unpaired) electrons. The van der Waals surface area contributed by atoms with E-state index in [-0.39, 0.29) is 0 Å². The summed E-state index contributed by atoms with van der Waals surface area (Å²) in [5.74, 6) is 0.727. The highest BCUT2D eigenvalue weighted by Gasteiger charge is 2.18. The molecule has 1 aliphatic heterocycles. The molecule has 16 heavy (non-hydrogen) atoms. The summed E-state index contributed by atoms with van der Waals surface area (Å²) in [6, 6.07) is 19.5. The molecule has 1 heteroatoms. The average molecular weight is 209 g/mol. The first-order chi connectivity index (χ1) is 7.93. The first-order valence-corrected chi connectivity index (χ1v) is 5.79. The molecule has 0 saturated carbocycles. The first-order valence-electron chi connectivity index (χ1n) is 5.79. The van der Waals surface area contributed by atoms with Crippen LogP contribution in [0.3, 0.4) is 0 Å². The van der Waals surface area contributed by atoms with Crippen molar-refractivity contribution in [1.82, 2.24) is 5.32 Å². The second-order valence-corrected chi connectivity index (χ2v) is 4.34. The smallest absolute Gasteiger partial charge is 0.00885 e. The van der Waals surface area contributed by atoms with E-state index in [1.54, 1.807) is 0 Å². The van der Waals surface area contributed by atoms with Gasteiger partial charge in [0.05, 0.1) is 0 Å². The Bertz CT molecular complexity index is 455. The van der Waals surface area contributed by atoms with Crippen LogP contribution >= 0.6 is 0 Å². The van der Waals surface area contributed by atoms with E-state index in [1.807, 2.05) is 0 Å². The lowest BCUT2D eigenvalue weighted by Gasteiger charge is -2.27. The van der Waals surface area contributed by atoms with Gasteiger partial charge < -0.3 is 5.32 Å². The van der Waals surface area contributed by atoms with Crippen molar-refractivity contribution in [3.8, 4) is 11.1 Å². The zero-order chi connectivity index (χ0) is 10.8. The molecule has 1 saturated heterocycles. The zero-order valence-electron chi connectivity index (χ0n) is 9.19. The third-order valence-corrected chi connectivity index (χ3v) is 3.27. The van der Waals surface area contributed by atoms with Gasteiger partial charge in [-0.3, -0.25) is 0 Å². The summed E-state index contributed by atoms with van der Waals surface area (Å²) in [7, 11) is 0. The van der Waals surface area contributed by atoms with E-state index in [0.29, 0.717) is 0 Å². The van der Waals surface area contributed by atoms with Crippen LogP contribution in [0, 0.1) is 0 Å². The molecule has 1 nitrogen and oxygen atoms in total. The largest absolute Gasteiger partial charge is 0.315 e. The minimum atomic E-state index is 0.727. The van der Waals surface area contributed by atoms with Crippen LogP contribution in [0.5, 0.6) is 0 Å². The zero-order valence-corrected chi connectivity index (χ0v) is 9.19. The van der Waals surface area contributed by atoms with E-state index in [9.17, 15) is 0 Å². The number of rotatable bonds is 2. The Morgan fingerprint density at radius 3 is 1.94 bits per heavy atom. The van der Waals surface area contributed by atoms with Gasteiger partial charge in [-0.25, -0.2) is 0 Å². The highest BCUT2D eigenvalue weighted by Crippen LogP contribution is 2.24. The second-order valence-electron chi connectivity index (χ2n) is 4.34. The molecule has 2 aromatic rings. The molecular formula is C15H15N. The minimum absolute atomic E-state index is 0.727. The van der Waals surface area contributed by atoms with Gasteiger partial charge in [0.15, 0.2) is 0 Å². The van der Waals surface area contributed by atoms with Crippen LogP contribution < -0.4 is 5.32 Å². The Balaban J connectivity index is 1.87. The van der Waals surface area contributed by atoms with E-state index >= 15 is 0 Å². The summed E-state index contributed by atoms with van der Waals surface area (Å²) >= 11 is 0. The predicted octanol–water partition coefficient (Wildman–Crippen LogP) is 3.04. The van der Waals surface area contributed by atoms with Gasteiger partial charge in [0, 0.05) is 19.0 Å². The van der Waals surface area contributed by atoms with Gasteiger partial charge in [0.1, 0.15) is 0 Å². The van der Waals surface area contributed by atoms with Crippen LogP contribution in [-0.4, -0.2) is 13.1 Å². The maximum absolute atomic E-state index is 3.31. The number of hydrogen-bond acceptors (Lipinski definition) is 1. The summed E-state index contributed by atoms with van der Waals surface area (Å²) in [4.78, 5) is 0. The van der Waals surface area contributed by atoms with Crippen LogP contribution in [0.1, 0.15) is 11.5 Å². The average Bonchev–Trinajstić information content (AvgIpc) is 2.29. The van der Waals surface area contributed by atoms with E-state index in [4.69, 9.17) is 0 Å². The highest BCUT2D eigenvalue weighted by molar-refractivity contribution is 5.63. The van der Waals surface area contributed by atoms with Gasteiger partial charge in [-0.2, -0.15) is 0 Å². The molecule has 3 rings (SSSR count). The molecule has 0 spiro atoms. The van der Waals surface area contributed by atoms with Crippen molar-refractivity contribution in [2.24, 2.45) is 0 Å². The molecule has 80 valence electrons. The van der Waals surface area contributed by atoms with Gasteiger partial charge in [-0.05, 0) is 16.7 Å². The third-order valence-electron chi connectivity index (χ3n) is 3.27. The van der Waals surface area contributed by atoms with Crippen molar-refractivity contribution in [2.45, 2.75) is 5.92 Å². The fraction of sp³-hybridized carbons (Fsp3) is 0.200. The Morgan fingerprint density at radius 1 is 0.750 bits per heavy atom. The second kappa shape index (κ2) is 4.11. The molecule has 0 bridgehead atoms. The summed E-state index contributed by atoms with van der Waals surface area (Å²) < 4.78 is 0. The lowest BCUT2D eigenvalue weighted by atomic mass is 9.92. The van der Waals surface area contributed by atoms with Gasteiger partial charge in [-0.15, -0.1) is 0 Å². The molecule has 1 N–H and O–H groups in total. The molecule has 0 amide bonds. The molecule has 1 heterocycles. The summed E-state index contributed by atoms with van der Waals surface area (Å²) in [5, 5.41) is 3.31. The maximum Gasteiger partial charge on any atom is 0.00885 e. The molecule has 0 aromatic heterocycles. The van der Waals surface area contributed by atoms with Crippen LogP contribution in [-0.2, 0) is 0 Å². The fourth-order valence-electron chi connectivity index (χ4n) is 2.10. The molecule has 0 atom stereocenters. The molecule has 2 aromatic carbocycles. The van der Waals surface area contributed by atoms with Gasteiger partial charge >= 0.3 is 0 Å². The molecule has 1 fully saturated rings. The van der Waals surface area contributed by atoms with Gasteiger partial charge in [0.2, 0.25) is 0 Å². The lowest BCUT2D eigenvalue weighted by Crippen LogP contribution is -2.39. The summed E-state index contributed by atoms with van der Waals surface area (Å²) in [5.41, 5.74) is 4.05. The maximum atomic E-state index is 3.31. The lowest BCUT2D eigenvalue weighted by molar-refractivity contribution is 0.448. The Labute approximate surface area is 96.1 Å². The van der Waals surface area contributed by atoms with Crippen LogP contribution in [0.15, 0.2) is 54.6 Å². The van der Waals surface area contributed by atoms with Crippen LogP contribution in [0.25, 0.3) is 11.1 Å². The number of hydrogen-bond donors (Lipinski definition) is 1. The number of nitrogens with one attached hydrogen (secondary N) is 1. The number of benzene rings is 2. The van der Waals surface area contributed by atoms with Crippen LogP contribution in [0.4, 0.5) is 0 Å². The standard InChI is InChI=1S/C15H15N/c1-2-4-12(5-3-1)13-6-8-14(9-7-13)15-10-16-11-15/h1-9,15-16H,10-11H2. The molecule has 0 unspecified atom stereocenters. The summed E-state index contributed by atoms with van der Waals surface area (Å²) in [6.07, 6.45) is 0. The van der Waals surface area contributed by atoms with Crippen molar-refractivity contribution in [3.63, 3.8) is 0 Å². The monoisotopic (exact) mass is 209 g/mol. The van der Waals surface area contributed by atoms with Crippen molar-refractivity contribution < 1.29 is 0 Å². The predicted molar refractivity (Wildman–Crippen MR) is 67.5 cm³/mol. The third kappa shape index (κ3) is 1.74. The van der Waals surface area contributed by atoms with E-state index in [0.717, 1.165) is 19.0 Å². The quantitative estimate of drug-likeness (QED) is 0.801. The van der Waals surface area contributed by atoms with Crippen molar-refractivity contribution in [2.75, 3.05) is 13.1 Å². The van der Waals surface area contributed by atoms with Crippen molar-refractivity contribution >= 4 is 0 Å². The molecular weight excluding hydrogens is 194 g/mol. The van der Waals surface area contributed by atoms with Crippen molar-refractivity contribution in [3.05, 3.63) is 60.2 Å². The normalized spacial score (nSPS) is 15.8. The van der Waals surface area contributed by atoms with Crippen molar-refractivity contribution in [1.29, 1.82) is 0 Å². The summed E-state index contributed by atoms with van der Waals surface area (Å²) in [6.45, 7) is 2.26. The van der Waals surface area contributed by atoms with Gasteiger partial charge in [-0.1, -0.05) is 54.6 Å². The SMILES string of the molecule is c1ccc(-c2ccc(C3CNC3)cc2)cc1. The van der Waals surface area contributed by atoms with E-state index < -0.39 is 0 Å². The first kappa shape index (κ1) is 9.61. The molecule has 1 aliphatic rings. The molecule has 0 aliphatic carbocycles. The van der Waals surface area contributed by atoms with E-state index in [1.165, 1.54) is 16.7 Å². The minimum Gasteiger partial charge on any atom is -0.315 e. The van der Waals surface area contributed by atoms with Crippen LogP contribution in [0.2, 0.25) is 0 Å². The van der Waals surface area contributed by atoms with E-state index in [2.05, 4.69) is 59.9 Å². The Kier molecular flexibility index (Phi) is 2.47. The Hall–Kier alpha value is -1.60. The fourth-order valence-corrected chi connectivity index (χ4v) is 2.10. The Morgan fingerprint density at radius 2 is 1.38 bits per heavy atom. The van der Waals surface area contributed by atoms with Gasteiger partial charge in [0.25, 0.3) is 0 Å². The topological polar surface area (TPSA) is 12.0 Å².